The van der Waals surface area contributed by atoms with Crippen molar-refractivity contribution in [1.29, 1.82) is 0 Å². The maximum atomic E-state index is 12.7. The molecule has 0 radical (unpaired) electrons. The number of carbonyl (C=O) groups excluding carboxylic acids is 1. The lowest BCUT2D eigenvalue weighted by molar-refractivity contribution is 0.0963. The van der Waals surface area contributed by atoms with Crippen molar-refractivity contribution < 1.29 is 19.0 Å². The van der Waals surface area contributed by atoms with Crippen molar-refractivity contribution in [2.24, 2.45) is 0 Å². The van der Waals surface area contributed by atoms with Crippen LogP contribution in [-0.4, -0.2) is 37.1 Å². The van der Waals surface area contributed by atoms with Crippen LogP contribution in [0.1, 0.15) is 46.7 Å². The third-order valence-corrected chi connectivity index (χ3v) is 4.68. The van der Waals surface area contributed by atoms with Crippen LogP contribution in [0.25, 0.3) is 0 Å². The zero-order valence-corrected chi connectivity index (χ0v) is 15.5. The molecule has 0 aliphatic heterocycles. The van der Waals surface area contributed by atoms with E-state index < -0.39 is 0 Å². The topological polar surface area (TPSA) is 96.6 Å². The molecule has 2 N–H and O–H groups in total. The van der Waals surface area contributed by atoms with Crippen molar-refractivity contribution >= 4 is 11.6 Å². The van der Waals surface area contributed by atoms with E-state index in [9.17, 15) is 4.79 Å². The molecule has 7 nitrogen and oxygen atoms in total. The number of rotatable bonds is 5. The highest BCUT2D eigenvalue weighted by molar-refractivity contribution is 6.02. The first kappa shape index (κ1) is 18.0. The van der Waals surface area contributed by atoms with Crippen molar-refractivity contribution in [3.05, 3.63) is 34.8 Å². The lowest BCUT2D eigenvalue weighted by atomic mass is 9.81. The van der Waals surface area contributed by atoms with Gasteiger partial charge in [-0.25, -0.2) is 9.97 Å². The Morgan fingerprint density at radius 3 is 2.27 bits per heavy atom. The lowest BCUT2D eigenvalue weighted by Crippen LogP contribution is -2.23. The molecule has 138 valence electrons. The predicted molar refractivity (Wildman–Crippen MR) is 97.3 cm³/mol. The SMILES string of the molecule is CCc1nc(N)c2c(n1)C[C@H](c1cc(OC)c(OC)c(OC)c1)CC2=O. The van der Waals surface area contributed by atoms with Crippen LogP contribution in [0.4, 0.5) is 5.82 Å². The molecular formula is C19H23N3O4. The molecule has 0 fully saturated rings. The maximum Gasteiger partial charge on any atom is 0.203 e. The van der Waals surface area contributed by atoms with E-state index in [0.717, 1.165) is 5.56 Å². The fourth-order valence-electron chi connectivity index (χ4n) is 3.39. The predicted octanol–water partition coefficient (Wildman–Crippen LogP) is 2.56. The second-order valence-electron chi connectivity index (χ2n) is 6.19. The second kappa shape index (κ2) is 7.19. The Morgan fingerprint density at radius 1 is 1.08 bits per heavy atom. The largest absolute Gasteiger partial charge is 0.493 e. The molecule has 0 unspecified atom stereocenters. The van der Waals surface area contributed by atoms with Crippen molar-refractivity contribution in [2.75, 3.05) is 27.1 Å². The number of nitrogens with zero attached hydrogens (tertiary/aromatic N) is 2. The summed E-state index contributed by atoms with van der Waals surface area (Å²) < 4.78 is 16.2. The van der Waals surface area contributed by atoms with Gasteiger partial charge >= 0.3 is 0 Å². The minimum Gasteiger partial charge on any atom is -0.493 e. The summed E-state index contributed by atoms with van der Waals surface area (Å²) in [7, 11) is 4.71. The van der Waals surface area contributed by atoms with E-state index in [1.165, 1.54) is 0 Å². The number of nitrogens with two attached hydrogens (primary N) is 1. The van der Waals surface area contributed by atoms with Gasteiger partial charge in [-0.2, -0.15) is 0 Å². The van der Waals surface area contributed by atoms with Crippen molar-refractivity contribution in [3.63, 3.8) is 0 Å². The van der Waals surface area contributed by atoms with E-state index >= 15 is 0 Å². The fourth-order valence-corrected chi connectivity index (χ4v) is 3.39. The van der Waals surface area contributed by atoms with E-state index in [0.29, 0.717) is 53.6 Å². The van der Waals surface area contributed by atoms with Crippen LogP contribution in [0.5, 0.6) is 17.2 Å². The summed E-state index contributed by atoms with van der Waals surface area (Å²) in [5, 5.41) is 0. The normalized spacial score (nSPS) is 16.2. The zero-order chi connectivity index (χ0) is 18.8. The number of aryl methyl sites for hydroxylation is 1. The van der Waals surface area contributed by atoms with Gasteiger partial charge in [0, 0.05) is 12.8 Å². The average Bonchev–Trinajstić information content (AvgIpc) is 2.65. The molecule has 3 rings (SSSR count). The summed E-state index contributed by atoms with van der Waals surface area (Å²) in [6.07, 6.45) is 1.62. The number of ketones is 1. The summed E-state index contributed by atoms with van der Waals surface area (Å²) in [4.78, 5) is 21.4. The number of ether oxygens (including phenoxy) is 3. The third kappa shape index (κ3) is 3.05. The number of methoxy groups -OCH3 is 3. The van der Waals surface area contributed by atoms with Gasteiger partial charge in [-0.1, -0.05) is 6.92 Å². The zero-order valence-electron chi connectivity index (χ0n) is 15.5. The molecule has 1 aromatic heterocycles. The number of anilines is 1. The van der Waals surface area contributed by atoms with Crippen LogP contribution in [0, 0.1) is 0 Å². The number of nitrogen functional groups attached to an aromatic ring is 1. The third-order valence-electron chi connectivity index (χ3n) is 4.68. The van der Waals surface area contributed by atoms with Gasteiger partial charge in [0.2, 0.25) is 5.75 Å². The van der Waals surface area contributed by atoms with Gasteiger partial charge in [0.05, 0.1) is 32.6 Å². The van der Waals surface area contributed by atoms with Gasteiger partial charge in [0.1, 0.15) is 11.6 Å². The van der Waals surface area contributed by atoms with Gasteiger partial charge in [-0.15, -0.1) is 0 Å². The molecule has 0 bridgehead atoms. The molecule has 1 aromatic carbocycles. The molecule has 26 heavy (non-hydrogen) atoms. The van der Waals surface area contributed by atoms with Crippen LogP contribution in [0.2, 0.25) is 0 Å². The number of hydrogen-bond acceptors (Lipinski definition) is 7. The molecule has 1 heterocycles. The van der Waals surface area contributed by atoms with Crippen LogP contribution in [-0.2, 0) is 12.8 Å². The first-order valence-corrected chi connectivity index (χ1v) is 8.50. The summed E-state index contributed by atoms with van der Waals surface area (Å²) >= 11 is 0. The Bertz CT molecular complexity index is 826. The van der Waals surface area contributed by atoms with Gasteiger partial charge in [0.15, 0.2) is 17.3 Å². The first-order valence-electron chi connectivity index (χ1n) is 8.50. The highest BCUT2D eigenvalue weighted by atomic mass is 16.5. The Balaban J connectivity index is 2.04. The van der Waals surface area contributed by atoms with E-state index in [4.69, 9.17) is 19.9 Å². The number of carbonyl (C=O) groups is 1. The molecule has 0 saturated heterocycles. The maximum absolute atomic E-state index is 12.7. The van der Waals surface area contributed by atoms with Gasteiger partial charge in [-0.05, 0) is 30.0 Å². The summed E-state index contributed by atoms with van der Waals surface area (Å²) in [5.74, 6) is 2.52. The van der Waals surface area contributed by atoms with Gasteiger partial charge < -0.3 is 19.9 Å². The Labute approximate surface area is 152 Å². The molecule has 0 saturated carbocycles. The number of Topliss-reactive ketones (excluding diaryl/α,β-unsaturated/α-hetero) is 1. The smallest absolute Gasteiger partial charge is 0.203 e. The number of aromatic nitrogens is 2. The van der Waals surface area contributed by atoms with E-state index in [1.807, 2.05) is 19.1 Å². The molecule has 0 amide bonds. The van der Waals surface area contributed by atoms with E-state index in [-0.39, 0.29) is 17.5 Å². The Hall–Kier alpha value is -2.83. The highest BCUT2D eigenvalue weighted by Gasteiger charge is 2.31. The van der Waals surface area contributed by atoms with Gasteiger partial charge in [0.25, 0.3) is 0 Å². The number of hydrogen-bond donors (Lipinski definition) is 1. The highest BCUT2D eigenvalue weighted by Crippen LogP contribution is 2.42. The summed E-state index contributed by atoms with van der Waals surface area (Å²) in [5.41, 5.74) is 8.11. The van der Waals surface area contributed by atoms with Crippen molar-refractivity contribution in [3.8, 4) is 17.2 Å². The summed E-state index contributed by atoms with van der Waals surface area (Å²) in [6, 6.07) is 3.77. The monoisotopic (exact) mass is 357 g/mol. The quantitative estimate of drug-likeness (QED) is 0.878. The van der Waals surface area contributed by atoms with E-state index in [2.05, 4.69) is 9.97 Å². The minimum absolute atomic E-state index is 0.0369. The number of fused-ring (bicyclic) bond motifs is 1. The first-order chi connectivity index (χ1) is 12.5. The van der Waals surface area contributed by atoms with Crippen molar-refractivity contribution in [1.82, 2.24) is 9.97 Å². The number of benzene rings is 1. The molecule has 0 spiro atoms. The fraction of sp³-hybridized carbons (Fsp3) is 0.421. The van der Waals surface area contributed by atoms with Crippen LogP contribution in [0.15, 0.2) is 12.1 Å². The lowest BCUT2D eigenvalue weighted by Gasteiger charge is -2.25. The van der Waals surface area contributed by atoms with E-state index in [1.54, 1.807) is 21.3 Å². The molecule has 1 aliphatic rings. The molecular weight excluding hydrogens is 334 g/mol. The average molecular weight is 357 g/mol. The van der Waals surface area contributed by atoms with Crippen LogP contribution < -0.4 is 19.9 Å². The second-order valence-corrected chi connectivity index (χ2v) is 6.19. The summed E-state index contributed by atoms with van der Waals surface area (Å²) in [6.45, 7) is 1.96. The van der Waals surface area contributed by atoms with Crippen LogP contribution in [0.3, 0.4) is 0 Å². The Kier molecular flexibility index (Phi) is 4.97. The Morgan fingerprint density at radius 2 is 1.73 bits per heavy atom. The molecule has 2 aromatic rings. The molecule has 1 aliphatic carbocycles. The van der Waals surface area contributed by atoms with Crippen molar-refractivity contribution in [2.45, 2.75) is 32.1 Å². The molecule has 7 heteroatoms. The van der Waals surface area contributed by atoms with Crippen LogP contribution >= 0.6 is 0 Å². The minimum atomic E-state index is -0.0392. The standard InChI is InChI=1S/C19H23N3O4/c1-5-16-21-12-6-10(7-13(23)17(12)19(20)22-16)11-8-14(24-2)18(26-4)15(9-11)25-3/h8-10H,5-7H2,1-4H3,(H2,20,21,22)/t10-/m0/s1. The molecule has 1 atom stereocenters. The van der Waals surface area contributed by atoms with Gasteiger partial charge in [-0.3, -0.25) is 4.79 Å².